The molecule has 1 saturated heterocycles. The van der Waals surface area contributed by atoms with E-state index < -0.39 is 11.7 Å². The lowest BCUT2D eigenvalue weighted by atomic mass is 10.2. The third-order valence-electron chi connectivity index (χ3n) is 4.20. The third kappa shape index (κ3) is 5.50. The second kappa shape index (κ2) is 8.05. The molecule has 2 aromatic rings. The predicted molar refractivity (Wildman–Crippen MR) is 110 cm³/mol. The van der Waals surface area contributed by atoms with Crippen LogP contribution in [0.3, 0.4) is 0 Å². The van der Waals surface area contributed by atoms with E-state index in [-0.39, 0.29) is 0 Å². The number of hydrogen-bond acceptors (Lipinski definition) is 5. The summed E-state index contributed by atoms with van der Waals surface area (Å²) in [5.41, 5.74) is 1.65. The van der Waals surface area contributed by atoms with E-state index in [1.165, 1.54) is 0 Å². The van der Waals surface area contributed by atoms with Gasteiger partial charge in [0, 0.05) is 36.9 Å². The molecule has 0 bridgehead atoms. The average molecular weight is 389 g/mol. The van der Waals surface area contributed by atoms with Gasteiger partial charge in [0.1, 0.15) is 11.4 Å². The molecule has 6 nitrogen and oxygen atoms in total. The van der Waals surface area contributed by atoms with Gasteiger partial charge in [0.15, 0.2) is 0 Å². The molecule has 0 atom stereocenters. The third-order valence-corrected chi connectivity index (χ3v) is 4.43. The van der Waals surface area contributed by atoms with Crippen LogP contribution >= 0.6 is 11.6 Å². The lowest BCUT2D eigenvalue weighted by Crippen LogP contribution is -2.46. The topological polar surface area (TPSA) is 57.7 Å². The second-order valence-electron chi connectivity index (χ2n) is 7.48. The van der Waals surface area contributed by atoms with Gasteiger partial charge in [-0.25, -0.2) is 9.78 Å². The van der Waals surface area contributed by atoms with Crippen LogP contribution in [0.2, 0.25) is 5.02 Å². The highest BCUT2D eigenvalue weighted by Crippen LogP contribution is 2.23. The number of nitrogens with zero attached hydrogens (tertiary/aromatic N) is 3. The number of carbonyl (C=O) groups is 1. The molecule has 0 saturated carbocycles. The number of piperazine rings is 1. The Balaban J connectivity index is 1.55. The van der Waals surface area contributed by atoms with E-state index in [1.54, 1.807) is 12.3 Å². The van der Waals surface area contributed by atoms with Crippen LogP contribution in [0.4, 0.5) is 22.0 Å². The van der Waals surface area contributed by atoms with Gasteiger partial charge in [-0.2, -0.15) is 0 Å². The molecule has 1 aliphatic heterocycles. The van der Waals surface area contributed by atoms with Crippen molar-refractivity contribution in [2.24, 2.45) is 0 Å². The highest BCUT2D eigenvalue weighted by atomic mass is 35.5. The zero-order valence-corrected chi connectivity index (χ0v) is 16.7. The van der Waals surface area contributed by atoms with E-state index in [1.807, 2.05) is 45.0 Å². The molecule has 1 N–H and O–H groups in total. The van der Waals surface area contributed by atoms with Crippen LogP contribution in [-0.2, 0) is 4.74 Å². The van der Waals surface area contributed by atoms with Crippen LogP contribution in [0, 0.1) is 0 Å². The molecule has 3 rings (SSSR count). The molecule has 1 aromatic carbocycles. The standard InChI is InChI=1S/C20H25ClN4O2/c1-20(2,3)27-19(26)23-18-8-7-17(14-22-18)25-11-9-24(10-12-25)16-6-4-5-15(21)13-16/h4-8,13-14H,9-12H2,1-3H3,(H,22,23,26). The second-order valence-corrected chi connectivity index (χ2v) is 7.92. The minimum atomic E-state index is -0.535. The van der Waals surface area contributed by atoms with Crippen molar-refractivity contribution in [2.75, 3.05) is 41.3 Å². The van der Waals surface area contributed by atoms with Gasteiger partial charge in [0.2, 0.25) is 0 Å². The van der Waals surface area contributed by atoms with E-state index in [0.717, 1.165) is 42.6 Å². The van der Waals surface area contributed by atoms with E-state index >= 15 is 0 Å². The molecular formula is C20H25ClN4O2. The maximum absolute atomic E-state index is 11.8. The normalized spacial score (nSPS) is 14.8. The van der Waals surface area contributed by atoms with Crippen molar-refractivity contribution >= 4 is 34.9 Å². The molecule has 0 unspecified atom stereocenters. The quantitative estimate of drug-likeness (QED) is 0.844. The number of benzene rings is 1. The molecule has 27 heavy (non-hydrogen) atoms. The molecule has 1 fully saturated rings. The van der Waals surface area contributed by atoms with E-state index in [0.29, 0.717) is 5.82 Å². The Morgan fingerprint density at radius 3 is 2.30 bits per heavy atom. The predicted octanol–water partition coefficient (Wildman–Crippen LogP) is 4.41. The Morgan fingerprint density at radius 1 is 1.07 bits per heavy atom. The number of carbonyl (C=O) groups excluding carboxylic acids is 1. The SMILES string of the molecule is CC(C)(C)OC(=O)Nc1ccc(N2CCN(c3cccc(Cl)c3)CC2)cn1. The van der Waals surface area contributed by atoms with Crippen LogP contribution in [0.25, 0.3) is 0 Å². The minimum absolute atomic E-state index is 0.477. The summed E-state index contributed by atoms with van der Waals surface area (Å²) >= 11 is 6.09. The Hall–Kier alpha value is -2.47. The fraction of sp³-hybridized carbons (Fsp3) is 0.400. The summed E-state index contributed by atoms with van der Waals surface area (Å²) in [6, 6.07) is 11.7. The van der Waals surface area contributed by atoms with Crippen molar-refractivity contribution in [3.8, 4) is 0 Å². The van der Waals surface area contributed by atoms with Crippen molar-refractivity contribution in [1.82, 2.24) is 4.98 Å². The molecule has 0 spiro atoms. The van der Waals surface area contributed by atoms with Gasteiger partial charge in [-0.05, 0) is 51.1 Å². The number of amides is 1. The summed E-state index contributed by atoms with van der Waals surface area (Å²) in [5, 5.41) is 3.41. The smallest absolute Gasteiger partial charge is 0.413 e. The van der Waals surface area contributed by atoms with Gasteiger partial charge in [-0.15, -0.1) is 0 Å². The monoisotopic (exact) mass is 388 g/mol. The van der Waals surface area contributed by atoms with E-state index in [4.69, 9.17) is 16.3 Å². The first-order valence-electron chi connectivity index (χ1n) is 9.02. The van der Waals surface area contributed by atoms with Crippen LogP contribution in [0.5, 0.6) is 0 Å². The fourth-order valence-electron chi connectivity index (χ4n) is 2.95. The molecule has 1 aliphatic rings. The summed E-state index contributed by atoms with van der Waals surface area (Å²) in [6.07, 6.45) is 1.28. The first kappa shape index (κ1) is 19.3. The number of ether oxygens (including phenoxy) is 1. The number of rotatable bonds is 3. The lowest BCUT2D eigenvalue weighted by Gasteiger charge is -2.37. The first-order valence-corrected chi connectivity index (χ1v) is 9.39. The Bertz CT molecular complexity index is 781. The number of anilines is 3. The van der Waals surface area contributed by atoms with Gasteiger partial charge in [-0.3, -0.25) is 5.32 Å². The zero-order chi connectivity index (χ0) is 19.4. The van der Waals surface area contributed by atoms with Gasteiger partial charge in [0.05, 0.1) is 11.9 Å². The van der Waals surface area contributed by atoms with Crippen molar-refractivity contribution < 1.29 is 9.53 Å². The van der Waals surface area contributed by atoms with Crippen LogP contribution in [0.1, 0.15) is 20.8 Å². The molecule has 0 aliphatic carbocycles. The van der Waals surface area contributed by atoms with Crippen molar-refractivity contribution in [3.05, 3.63) is 47.6 Å². The average Bonchev–Trinajstić information content (AvgIpc) is 2.61. The van der Waals surface area contributed by atoms with Crippen molar-refractivity contribution in [3.63, 3.8) is 0 Å². The number of halogens is 1. The van der Waals surface area contributed by atoms with Gasteiger partial charge in [-0.1, -0.05) is 17.7 Å². The summed E-state index contributed by atoms with van der Waals surface area (Å²) in [6.45, 7) is 9.10. The Morgan fingerprint density at radius 2 is 1.74 bits per heavy atom. The van der Waals surface area contributed by atoms with E-state index in [9.17, 15) is 4.79 Å². The summed E-state index contributed by atoms with van der Waals surface area (Å²) in [5.74, 6) is 0.477. The number of aromatic nitrogens is 1. The first-order chi connectivity index (χ1) is 12.8. The zero-order valence-electron chi connectivity index (χ0n) is 15.9. The molecule has 1 aromatic heterocycles. The molecule has 0 radical (unpaired) electrons. The fourth-order valence-corrected chi connectivity index (χ4v) is 3.14. The number of pyridine rings is 1. The Labute approximate surface area is 165 Å². The number of nitrogens with one attached hydrogen (secondary N) is 1. The molecule has 144 valence electrons. The minimum Gasteiger partial charge on any atom is -0.444 e. The van der Waals surface area contributed by atoms with Crippen molar-refractivity contribution in [2.45, 2.75) is 26.4 Å². The molecule has 1 amide bonds. The van der Waals surface area contributed by atoms with Gasteiger partial charge in [0.25, 0.3) is 0 Å². The Kier molecular flexibility index (Phi) is 5.75. The maximum Gasteiger partial charge on any atom is 0.413 e. The highest BCUT2D eigenvalue weighted by Gasteiger charge is 2.19. The molecule has 2 heterocycles. The van der Waals surface area contributed by atoms with Crippen molar-refractivity contribution in [1.29, 1.82) is 0 Å². The van der Waals surface area contributed by atoms with Gasteiger partial charge >= 0.3 is 6.09 Å². The van der Waals surface area contributed by atoms with Crippen LogP contribution in [-0.4, -0.2) is 42.9 Å². The molecule has 7 heteroatoms. The van der Waals surface area contributed by atoms with Gasteiger partial charge < -0.3 is 14.5 Å². The number of hydrogen-bond donors (Lipinski definition) is 1. The lowest BCUT2D eigenvalue weighted by molar-refractivity contribution is 0.0635. The van der Waals surface area contributed by atoms with Crippen LogP contribution < -0.4 is 15.1 Å². The largest absolute Gasteiger partial charge is 0.444 e. The summed E-state index contributed by atoms with van der Waals surface area (Å²) in [7, 11) is 0. The maximum atomic E-state index is 11.8. The summed E-state index contributed by atoms with van der Waals surface area (Å²) < 4.78 is 5.24. The molecular weight excluding hydrogens is 364 g/mol. The summed E-state index contributed by atoms with van der Waals surface area (Å²) in [4.78, 5) is 20.7. The van der Waals surface area contributed by atoms with Crippen LogP contribution in [0.15, 0.2) is 42.6 Å². The highest BCUT2D eigenvalue weighted by molar-refractivity contribution is 6.30. The van der Waals surface area contributed by atoms with E-state index in [2.05, 4.69) is 26.2 Å².